The zero-order valence-corrected chi connectivity index (χ0v) is 17.9. The van der Waals surface area contributed by atoms with E-state index < -0.39 is 24.6 Å². The summed E-state index contributed by atoms with van der Waals surface area (Å²) in [6, 6.07) is 0. The third-order valence-electron chi connectivity index (χ3n) is 5.08. The number of phosphoric ester groups is 1. The normalized spacial score (nSPS) is 12.9. The van der Waals surface area contributed by atoms with Gasteiger partial charge in [-0.25, -0.2) is 4.57 Å². The molecule has 0 N–H and O–H groups in total. The molecule has 0 atom stereocenters. The molecular formula is C21H33O4P. The van der Waals surface area contributed by atoms with Gasteiger partial charge in [-0.2, -0.15) is 0 Å². The van der Waals surface area contributed by atoms with Crippen molar-refractivity contribution < 1.29 is 18.1 Å². The third-order valence-corrected chi connectivity index (χ3v) is 6.79. The molecule has 0 aliphatic carbocycles. The summed E-state index contributed by atoms with van der Waals surface area (Å²) in [5.74, 6) is 7.78. The molecule has 4 nitrogen and oxygen atoms in total. The van der Waals surface area contributed by atoms with Crippen LogP contribution >= 0.6 is 7.82 Å². The minimum absolute atomic E-state index is 0.444. The Balaban J connectivity index is 6.20. The molecule has 0 radical (unpaired) electrons. The van der Waals surface area contributed by atoms with Crippen molar-refractivity contribution in [2.24, 2.45) is 0 Å². The van der Waals surface area contributed by atoms with Gasteiger partial charge in [0.25, 0.3) is 0 Å². The first-order chi connectivity index (χ1) is 12.2. The van der Waals surface area contributed by atoms with E-state index in [0.717, 1.165) is 0 Å². The van der Waals surface area contributed by atoms with Crippen LogP contribution in [0, 0.1) is 37.0 Å². The molecule has 0 aromatic heterocycles. The average Bonchev–Trinajstić information content (AvgIpc) is 2.69. The largest absolute Gasteiger partial charge is 0.479 e. The summed E-state index contributed by atoms with van der Waals surface area (Å²) in [5, 5.41) is 0. The molecule has 0 aliphatic heterocycles. The fraction of sp³-hybridized carbons (Fsp3) is 0.714. The lowest BCUT2D eigenvalue weighted by atomic mass is 9.99. The van der Waals surface area contributed by atoms with Gasteiger partial charge in [0.2, 0.25) is 0 Å². The van der Waals surface area contributed by atoms with Gasteiger partial charge < -0.3 is 0 Å². The maximum absolute atomic E-state index is 13.7. The quantitative estimate of drug-likeness (QED) is 0.321. The predicted molar refractivity (Wildman–Crippen MR) is 107 cm³/mol. The summed E-state index contributed by atoms with van der Waals surface area (Å²) >= 11 is 0. The monoisotopic (exact) mass is 380 g/mol. The second-order valence-electron chi connectivity index (χ2n) is 6.26. The van der Waals surface area contributed by atoms with Crippen LogP contribution in [0.15, 0.2) is 0 Å². The molecule has 0 aromatic carbocycles. The second kappa shape index (κ2) is 10.2. The molecule has 0 rings (SSSR count). The molecule has 0 heterocycles. The van der Waals surface area contributed by atoms with E-state index in [2.05, 4.69) is 17.8 Å². The van der Waals surface area contributed by atoms with Crippen LogP contribution in [-0.4, -0.2) is 16.8 Å². The standard InChI is InChI=1S/C21H33O4P/c1-10-19(11-2,12-3)23-26(22,24-20(13-4,14-5)15-6)25-21(16-7,17-8)18-9/h1,4,7H,11-12,14-15,17-18H2,2-3,5-6,8-9H3. The van der Waals surface area contributed by atoms with Crippen LogP contribution in [0.2, 0.25) is 0 Å². The topological polar surface area (TPSA) is 44.8 Å². The first kappa shape index (κ1) is 24.8. The van der Waals surface area contributed by atoms with Crippen molar-refractivity contribution in [2.45, 2.75) is 96.9 Å². The molecule has 0 fully saturated rings. The van der Waals surface area contributed by atoms with Gasteiger partial charge >= 0.3 is 7.82 Å². The Morgan fingerprint density at radius 2 is 0.808 bits per heavy atom. The lowest BCUT2D eigenvalue weighted by Gasteiger charge is -2.38. The number of terminal acetylenes is 3. The Morgan fingerprint density at radius 1 is 0.615 bits per heavy atom. The summed E-state index contributed by atoms with van der Waals surface area (Å²) in [5.41, 5.74) is -3.25. The molecule has 0 aliphatic rings. The lowest BCUT2D eigenvalue weighted by molar-refractivity contribution is -0.0300. The first-order valence-electron chi connectivity index (χ1n) is 9.32. The summed E-state index contributed by atoms with van der Waals surface area (Å²) < 4.78 is 31.4. The Kier molecular flexibility index (Phi) is 9.73. The Bertz CT molecular complexity index is 520. The van der Waals surface area contributed by atoms with E-state index in [1.54, 1.807) is 0 Å². The molecule has 0 saturated carbocycles. The van der Waals surface area contributed by atoms with Crippen LogP contribution in [0.4, 0.5) is 0 Å². The minimum Gasteiger partial charge on any atom is -0.267 e. The van der Waals surface area contributed by atoms with E-state index in [1.165, 1.54) is 0 Å². The smallest absolute Gasteiger partial charge is 0.267 e. The van der Waals surface area contributed by atoms with Gasteiger partial charge in [-0.15, -0.1) is 19.3 Å². The van der Waals surface area contributed by atoms with E-state index >= 15 is 0 Å². The Morgan fingerprint density at radius 3 is 0.923 bits per heavy atom. The summed E-state index contributed by atoms with van der Waals surface area (Å²) in [6.45, 7) is 11.1. The minimum atomic E-state index is -4.16. The highest BCUT2D eigenvalue weighted by Crippen LogP contribution is 2.60. The zero-order valence-electron chi connectivity index (χ0n) is 17.1. The molecule has 0 aromatic rings. The number of rotatable bonds is 12. The number of hydrogen-bond acceptors (Lipinski definition) is 4. The molecule has 0 bridgehead atoms. The maximum Gasteiger partial charge on any atom is 0.479 e. The molecule has 26 heavy (non-hydrogen) atoms. The highest BCUT2D eigenvalue weighted by atomic mass is 31.2. The molecule has 146 valence electrons. The van der Waals surface area contributed by atoms with E-state index in [4.69, 9.17) is 32.8 Å². The highest BCUT2D eigenvalue weighted by molar-refractivity contribution is 7.48. The van der Waals surface area contributed by atoms with Crippen molar-refractivity contribution in [3.8, 4) is 37.0 Å². The van der Waals surface area contributed by atoms with E-state index in [9.17, 15) is 4.57 Å². The average molecular weight is 380 g/mol. The summed E-state index contributed by atoms with van der Waals surface area (Å²) in [7, 11) is -4.16. The first-order valence-corrected chi connectivity index (χ1v) is 10.8. The predicted octanol–water partition coefficient (Wildman–Crippen LogP) is 5.72. The number of hydrogen-bond donors (Lipinski definition) is 0. The van der Waals surface area contributed by atoms with Crippen molar-refractivity contribution in [1.29, 1.82) is 0 Å². The fourth-order valence-electron chi connectivity index (χ4n) is 2.53. The van der Waals surface area contributed by atoms with Gasteiger partial charge in [0.15, 0.2) is 0 Å². The summed E-state index contributed by atoms with van der Waals surface area (Å²) in [6.07, 6.45) is 19.7. The van der Waals surface area contributed by atoms with Gasteiger partial charge in [0, 0.05) is 0 Å². The van der Waals surface area contributed by atoms with Gasteiger partial charge in [0.1, 0.15) is 16.8 Å². The number of phosphoric acid groups is 1. The van der Waals surface area contributed by atoms with Crippen LogP contribution < -0.4 is 0 Å². The van der Waals surface area contributed by atoms with Crippen molar-refractivity contribution in [2.75, 3.05) is 0 Å². The van der Waals surface area contributed by atoms with Gasteiger partial charge in [-0.05, 0) is 38.5 Å². The van der Waals surface area contributed by atoms with E-state index in [0.29, 0.717) is 38.5 Å². The zero-order chi connectivity index (χ0) is 20.5. The van der Waals surface area contributed by atoms with Crippen molar-refractivity contribution >= 4 is 7.82 Å². The molecular weight excluding hydrogens is 347 g/mol. The van der Waals surface area contributed by atoms with Crippen LogP contribution in [0.25, 0.3) is 0 Å². The molecule has 5 heteroatoms. The van der Waals surface area contributed by atoms with Crippen molar-refractivity contribution in [3.05, 3.63) is 0 Å². The van der Waals surface area contributed by atoms with Crippen LogP contribution in [0.3, 0.4) is 0 Å². The Labute approximate surface area is 160 Å². The van der Waals surface area contributed by atoms with Crippen LogP contribution in [0.1, 0.15) is 80.1 Å². The lowest BCUT2D eigenvalue weighted by Crippen LogP contribution is -2.37. The molecule has 0 amide bonds. The van der Waals surface area contributed by atoms with Crippen LogP contribution in [-0.2, 0) is 18.1 Å². The highest BCUT2D eigenvalue weighted by Gasteiger charge is 2.48. The molecule has 0 unspecified atom stereocenters. The Hall–Kier alpha value is -1.21. The van der Waals surface area contributed by atoms with E-state index in [1.807, 2.05) is 41.5 Å². The van der Waals surface area contributed by atoms with Gasteiger partial charge in [-0.1, -0.05) is 59.3 Å². The SMILES string of the molecule is C#CC(CC)(CC)OP(=O)(OC(C#C)(CC)CC)OC(C#C)(CC)CC. The van der Waals surface area contributed by atoms with E-state index in [-0.39, 0.29) is 0 Å². The van der Waals surface area contributed by atoms with Crippen molar-refractivity contribution in [1.82, 2.24) is 0 Å². The van der Waals surface area contributed by atoms with Crippen molar-refractivity contribution in [3.63, 3.8) is 0 Å². The molecule has 0 saturated heterocycles. The second-order valence-corrected chi connectivity index (χ2v) is 7.70. The molecule has 0 spiro atoms. The third kappa shape index (κ3) is 5.64. The van der Waals surface area contributed by atoms with Gasteiger partial charge in [-0.3, -0.25) is 13.6 Å². The van der Waals surface area contributed by atoms with Gasteiger partial charge in [0.05, 0.1) is 0 Å². The maximum atomic E-state index is 13.7. The fourth-order valence-corrected chi connectivity index (χ4v) is 4.86. The van der Waals surface area contributed by atoms with Crippen LogP contribution in [0.5, 0.6) is 0 Å². The summed E-state index contributed by atoms with van der Waals surface area (Å²) in [4.78, 5) is 0.